The second kappa shape index (κ2) is 4.22. The number of rotatable bonds is 2. The van der Waals surface area contributed by atoms with Gasteiger partial charge in [-0.1, -0.05) is 31.1 Å². The Morgan fingerprint density at radius 3 is 2.94 bits per heavy atom. The maximum Gasteiger partial charge on any atom is 0.275 e. The summed E-state index contributed by atoms with van der Waals surface area (Å²) in [5.41, 5.74) is 0.809. The smallest absolute Gasteiger partial charge is 0.267 e. The molecule has 0 N–H and O–H groups in total. The lowest BCUT2D eigenvalue weighted by Crippen LogP contribution is -2.15. The maximum absolute atomic E-state index is 11.9. The predicted molar refractivity (Wildman–Crippen MR) is 67.7 cm³/mol. The molecule has 0 bridgehead atoms. The molecule has 17 heavy (non-hydrogen) atoms. The minimum absolute atomic E-state index is 0.0488. The Kier molecular flexibility index (Phi) is 2.70. The van der Waals surface area contributed by atoms with Crippen LogP contribution in [0.5, 0.6) is 0 Å². The van der Waals surface area contributed by atoms with E-state index in [9.17, 15) is 4.79 Å². The summed E-state index contributed by atoms with van der Waals surface area (Å²) < 4.78 is 1.46. The van der Waals surface area contributed by atoms with Gasteiger partial charge in [-0.05, 0) is 19.3 Å². The zero-order valence-electron chi connectivity index (χ0n) is 9.85. The Hall–Kier alpha value is -1.23. The summed E-state index contributed by atoms with van der Waals surface area (Å²) in [5.74, 6) is 0.547. The van der Waals surface area contributed by atoms with Crippen molar-refractivity contribution in [2.75, 3.05) is 0 Å². The fourth-order valence-electron chi connectivity index (χ4n) is 2.39. The summed E-state index contributed by atoms with van der Waals surface area (Å²) in [6, 6.07) is 1.59. The summed E-state index contributed by atoms with van der Waals surface area (Å²) in [6.07, 6.45) is 5.76. The molecule has 0 amide bonds. The van der Waals surface area contributed by atoms with Crippen LogP contribution >= 0.6 is 11.3 Å². The van der Waals surface area contributed by atoms with Crippen LogP contribution in [-0.2, 0) is 6.42 Å². The number of aryl methyl sites for hydroxylation is 1. The van der Waals surface area contributed by atoms with Crippen LogP contribution in [0.3, 0.4) is 0 Å². The van der Waals surface area contributed by atoms with Gasteiger partial charge in [-0.25, -0.2) is 4.98 Å². The molecule has 2 aromatic rings. The number of hydrogen-bond donors (Lipinski definition) is 0. The minimum atomic E-state index is -0.0488. The van der Waals surface area contributed by atoms with Gasteiger partial charge in [0.25, 0.3) is 5.56 Å². The molecule has 0 saturated heterocycles. The lowest BCUT2D eigenvalue weighted by Gasteiger charge is -2.00. The molecular formula is C12H15N3OS. The average Bonchev–Trinajstić information content (AvgIpc) is 2.96. The normalized spacial score (nSPS) is 17.0. The summed E-state index contributed by atoms with van der Waals surface area (Å²) >= 11 is 1.58. The lowest BCUT2D eigenvalue weighted by atomic mass is 10.1. The first-order valence-electron chi connectivity index (χ1n) is 6.17. The summed E-state index contributed by atoms with van der Waals surface area (Å²) in [6.45, 7) is 2.01. The largest absolute Gasteiger partial charge is 0.275 e. The van der Waals surface area contributed by atoms with Crippen molar-refractivity contribution in [2.45, 2.75) is 44.9 Å². The molecule has 5 heteroatoms. The quantitative estimate of drug-likeness (QED) is 0.821. The first-order valence-corrected chi connectivity index (χ1v) is 6.99. The van der Waals surface area contributed by atoms with E-state index in [-0.39, 0.29) is 5.56 Å². The Morgan fingerprint density at radius 1 is 1.47 bits per heavy atom. The second-order valence-electron chi connectivity index (χ2n) is 4.56. The van der Waals surface area contributed by atoms with Gasteiger partial charge >= 0.3 is 0 Å². The van der Waals surface area contributed by atoms with Gasteiger partial charge in [0, 0.05) is 17.7 Å². The highest BCUT2D eigenvalue weighted by molar-refractivity contribution is 7.16. The van der Waals surface area contributed by atoms with Crippen molar-refractivity contribution in [1.82, 2.24) is 14.6 Å². The van der Waals surface area contributed by atoms with Crippen molar-refractivity contribution in [3.63, 3.8) is 0 Å². The van der Waals surface area contributed by atoms with E-state index < -0.39 is 0 Å². The molecule has 0 atom stereocenters. The molecule has 2 aromatic heterocycles. The van der Waals surface area contributed by atoms with E-state index in [0.717, 1.165) is 22.1 Å². The first-order chi connectivity index (χ1) is 8.28. The van der Waals surface area contributed by atoms with Crippen LogP contribution in [0.1, 0.15) is 49.2 Å². The van der Waals surface area contributed by atoms with Crippen molar-refractivity contribution in [2.24, 2.45) is 0 Å². The van der Waals surface area contributed by atoms with E-state index >= 15 is 0 Å². The lowest BCUT2D eigenvalue weighted by molar-refractivity contribution is 0.690. The molecule has 0 aliphatic heterocycles. The molecule has 4 nitrogen and oxygen atoms in total. The Labute approximate surface area is 103 Å². The Bertz CT molecular complexity index is 595. The SMILES string of the molecule is CCc1cc(=O)n2nc(C3CCCC3)sc2n1. The van der Waals surface area contributed by atoms with E-state index in [1.54, 1.807) is 17.4 Å². The van der Waals surface area contributed by atoms with Crippen molar-refractivity contribution < 1.29 is 0 Å². The second-order valence-corrected chi connectivity index (χ2v) is 5.54. The molecule has 2 heterocycles. The van der Waals surface area contributed by atoms with E-state index in [4.69, 9.17) is 0 Å². The van der Waals surface area contributed by atoms with Crippen molar-refractivity contribution in [3.8, 4) is 0 Å². The van der Waals surface area contributed by atoms with Crippen molar-refractivity contribution in [1.29, 1.82) is 0 Å². The molecule has 3 rings (SSSR count). The molecule has 0 radical (unpaired) electrons. The third kappa shape index (κ3) is 1.88. The molecule has 1 aliphatic rings. The number of aromatic nitrogens is 3. The van der Waals surface area contributed by atoms with Crippen LogP contribution in [0.15, 0.2) is 10.9 Å². The zero-order chi connectivity index (χ0) is 11.8. The highest BCUT2D eigenvalue weighted by Gasteiger charge is 2.21. The van der Waals surface area contributed by atoms with Crippen molar-refractivity contribution in [3.05, 3.63) is 27.1 Å². The third-order valence-corrected chi connectivity index (χ3v) is 4.45. The topological polar surface area (TPSA) is 47.3 Å². The molecule has 90 valence electrons. The standard InChI is InChI=1S/C12H15N3OS/c1-2-9-7-10(16)15-12(13-9)17-11(14-15)8-5-3-4-6-8/h7-8H,2-6H2,1H3. The fraction of sp³-hybridized carbons (Fsp3) is 0.583. The Morgan fingerprint density at radius 2 is 2.24 bits per heavy atom. The molecule has 0 spiro atoms. The van der Waals surface area contributed by atoms with Crippen LogP contribution in [0.25, 0.3) is 4.96 Å². The molecule has 1 saturated carbocycles. The Balaban J connectivity index is 2.11. The molecule has 0 aromatic carbocycles. The van der Waals surface area contributed by atoms with Crippen LogP contribution in [0.2, 0.25) is 0 Å². The van der Waals surface area contributed by atoms with Gasteiger partial charge in [0.15, 0.2) is 0 Å². The fourth-order valence-corrected chi connectivity index (χ4v) is 3.48. The van der Waals surface area contributed by atoms with Gasteiger partial charge in [-0.3, -0.25) is 4.79 Å². The van der Waals surface area contributed by atoms with Crippen LogP contribution < -0.4 is 5.56 Å². The number of nitrogens with zero attached hydrogens (tertiary/aromatic N) is 3. The average molecular weight is 249 g/mol. The van der Waals surface area contributed by atoms with E-state index in [1.807, 2.05) is 6.92 Å². The summed E-state index contributed by atoms with van der Waals surface area (Å²) in [7, 11) is 0. The minimum Gasteiger partial charge on any atom is -0.267 e. The van der Waals surface area contributed by atoms with Gasteiger partial charge in [-0.2, -0.15) is 9.61 Å². The number of fused-ring (bicyclic) bond motifs is 1. The van der Waals surface area contributed by atoms with Gasteiger partial charge < -0.3 is 0 Å². The van der Waals surface area contributed by atoms with Crippen LogP contribution in [0.4, 0.5) is 0 Å². The summed E-state index contributed by atoms with van der Waals surface area (Å²) in [5, 5.41) is 5.51. The highest BCUT2D eigenvalue weighted by Crippen LogP contribution is 2.35. The summed E-state index contributed by atoms with van der Waals surface area (Å²) in [4.78, 5) is 17.1. The van der Waals surface area contributed by atoms with Crippen LogP contribution in [-0.4, -0.2) is 14.6 Å². The molecule has 1 fully saturated rings. The predicted octanol–water partition coefficient (Wildman–Crippen LogP) is 2.37. The maximum atomic E-state index is 11.9. The monoisotopic (exact) mass is 249 g/mol. The van der Waals surface area contributed by atoms with Gasteiger partial charge in [-0.15, -0.1) is 0 Å². The van der Waals surface area contributed by atoms with E-state index in [0.29, 0.717) is 5.92 Å². The molecule has 0 unspecified atom stereocenters. The van der Waals surface area contributed by atoms with Gasteiger partial charge in [0.2, 0.25) is 4.96 Å². The van der Waals surface area contributed by atoms with E-state index in [2.05, 4.69) is 10.1 Å². The van der Waals surface area contributed by atoms with Crippen molar-refractivity contribution >= 4 is 16.3 Å². The molecule has 1 aliphatic carbocycles. The zero-order valence-corrected chi connectivity index (χ0v) is 10.7. The van der Waals surface area contributed by atoms with Gasteiger partial charge in [0.05, 0.1) is 0 Å². The van der Waals surface area contributed by atoms with E-state index in [1.165, 1.54) is 30.2 Å². The molecular weight excluding hydrogens is 234 g/mol. The van der Waals surface area contributed by atoms with Crippen LogP contribution in [0, 0.1) is 0 Å². The first kappa shape index (κ1) is 10.9. The third-order valence-electron chi connectivity index (χ3n) is 3.38. The number of hydrogen-bond acceptors (Lipinski definition) is 4. The highest BCUT2D eigenvalue weighted by atomic mass is 32.1. The van der Waals surface area contributed by atoms with Gasteiger partial charge in [0.1, 0.15) is 5.01 Å².